The number of nitro benzene ring substituents is 1. The van der Waals surface area contributed by atoms with Gasteiger partial charge in [-0.3, -0.25) is 19.3 Å². The van der Waals surface area contributed by atoms with E-state index >= 15 is 0 Å². The molecule has 0 aliphatic heterocycles. The molecule has 1 aromatic carbocycles. The number of carbonyl (C=O) groups is 1. The molecule has 3 aromatic rings. The lowest BCUT2D eigenvalue weighted by molar-refractivity contribution is -0.383. The van der Waals surface area contributed by atoms with Gasteiger partial charge in [0.2, 0.25) is 0 Å². The van der Waals surface area contributed by atoms with Crippen molar-refractivity contribution >= 4 is 34.5 Å². The average molecular weight is 349 g/mol. The Morgan fingerprint density at radius 1 is 1.38 bits per heavy atom. The number of nitrogens with zero attached hydrogens (tertiary/aromatic N) is 3. The molecule has 9 heteroatoms. The molecule has 0 fully saturated rings. The quantitative estimate of drug-likeness (QED) is 0.578. The normalized spacial score (nSPS) is 10.8. The molecule has 3 rings (SSSR count). The van der Waals surface area contributed by atoms with Gasteiger partial charge >= 0.3 is 0 Å². The number of hydrogen-bond donors (Lipinski definition) is 1. The Kier molecular flexibility index (Phi) is 3.90. The second-order valence-electron chi connectivity index (χ2n) is 4.99. The van der Waals surface area contributed by atoms with Crippen molar-refractivity contribution in [1.29, 1.82) is 0 Å². The lowest BCUT2D eigenvalue weighted by Crippen LogP contribution is -2.16. The summed E-state index contributed by atoms with van der Waals surface area (Å²) in [5, 5.41) is 13.7. The molecule has 1 amide bonds. The first kappa shape index (κ1) is 15.9. The summed E-state index contributed by atoms with van der Waals surface area (Å²) in [6.45, 7) is 1.59. The number of benzene rings is 1. The van der Waals surface area contributed by atoms with Crippen LogP contribution in [0.3, 0.4) is 0 Å². The van der Waals surface area contributed by atoms with Crippen molar-refractivity contribution in [1.82, 2.24) is 9.38 Å². The summed E-state index contributed by atoms with van der Waals surface area (Å²) in [5.41, 5.74) is 0.502. The molecule has 24 heavy (non-hydrogen) atoms. The second kappa shape index (κ2) is 5.89. The maximum atomic E-state index is 13.4. The predicted octanol–water partition coefficient (Wildman–Crippen LogP) is 3.60. The van der Waals surface area contributed by atoms with Crippen molar-refractivity contribution in [3.05, 3.63) is 68.9 Å². The highest BCUT2D eigenvalue weighted by molar-refractivity contribution is 6.31. The molecule has 0 radical (unpaired) electrons. The number of halogens is 2. The first-order valence-corrected chi connectivity index (χ1v) is 7.14. The first-order chi connectivity index (χ1) is 11.4. The summed E-state index contributed by atoms with van der Waals surface area (Å²) in [4.78, 5) is 27.1. The van der Waals surface area contributed by atoms with E-state index in [4.69, 9.17) is 11.6 Å². The van der Waals surface area contributed by atoms with E-state index in [1.807, 2.05) is 0 Å². The van der Waals surface area contributed by atoms with Crippen LogP contribution in [0.25, 0.3) is 5.65 Å². The molecule has 0 saturated heterocycles. The van der Waals surface area contributed by atoms with Gasteiger partial charge in [0.25, 0.3) is 11.6 Å². The van der Waals surface area contributed by atoms with Crippen LogP contribution >= 0.6 is 11.6 Å². The minimum absolute atomic E-state index is 0.0137. The zero-order valence-corrected chi connectivity index (χ0v) is 13.0. The minimum Gasteiger partial charge on any atom is -0.315 e. The third kappa shape index (κ3) is 2.79. The van der Waals surface area contributed by atoms with Crippen LogP contribution in [0, 0.1) is 22.9 Å². The summed E-state index contributed by atoms with van der Waals surface area (Å²) in [7, 11) is 0. The molecule has 0 spiro atoms. The van der Waals surface area contributed by atoms with Gasteiger partial charge in [0.1, 0.15) is 22.8 Å². The van der Waals surface area contributed by atoms with Crippen LogP contribution in [-0.4, -0.2) is 20.2 Å². The molecular formula is C15H10ClFN4O3. The van der Waals surface area contributed by atoms with Crippen molar-refractivity contribution in [3.8, 4) is 0 Å². The highest BCUT2D eigenvalue weighted by Crippen LogP contribution is 2.28. The monoisotopic (exact) mass is 348 g/mol. The largest absolute Gasteiger partial charge is 0.315 e. The molecule has 122 valence electrons. The maximum absolute atomic E-state index is 13.4. The number of anilines is 1. The van der Waals surface area contributed by atoms with E-state index in [1.54, 1.807) is 6.92 Å². The molecular weight excluding hydrogens is 339 g/mol. The zero-order chi connectivity index (χ0) is 17.4. The summed E-state index contributed by atoms with van der Waals surface area (Å²) in [6, 6.07) is 6.55. The summed E-state index contributed by atoms with van der Waals surface area (Å²) in [6.07, 6.45) is 1.13. The number of rotatable bonds is 3. The van der Waals surface area contributed by atoms with Gasteiger partial charge in [0.15, 0.2) is 0 Å². The Bertz CT molecular complexity index is 986. The minimum atomic E-state index is -0.650. The number of fused-ring (bicyclic) bond motifs is 1. The fourth-order valence-corrected chi connectivity index (χ4v) is 2.52. The number of carbonyl (C=O) groups excluding carboxylic acids is 1. The van der Waals surface area contributed by atoms with Gasteiger partial charge in [0, 0.05) is 17.3 Å². The lowest BCUT2D eigenvalue weighted by Gasteiger charge is -2.07. The van der Waals surface area contributed by atoms with Gasteiger partial charge < -0.3 is 5.32 Å². The molecule has 2 aromatic heterocycles. The van der Waals surface area contributed by atoms with Crippen molar-refractivity contribution in [2.24, 2.45) is 0 Å². The van der Waals surface area contributed by atoms with Crippen LogP contribution in [0.1, 0.15) is 16.2 Å². The van der Waals surface area contributed by atoms with Crippen LogP contribution in [0.4, 0.5) is 15.8 Å². The summed E-state index contributed by atoms with van der Waals surface area (Å²) in [5.74, 6) is -1.18. The highest BCUT2D eigenvalue weighted by Gasteiger charge is 2.21. The third-order valence-corrected chi connectivity index (χ3v) is 3.61. The lowest BCUT2D eigenvalue weighted by atomic mass is 10.2. The Hall–Kier alpha value is -3.00. The summed E-state index contributed by atoms with van der Waals surface area (Å²) < 4.78 is 14.7. The fourth-order valence-electron chi connectivity index (χ4n) is 2.35. The zero-order valence-electron chi connectivity index (χ0n) is 12.3. The van der Waals surface area contributed by atoms with Crippen LogP contribution in [-0.2, 0) is 0 Å². The van der Waals surface area contributed by atoms with E-state index in [-0.39, 0.29) is 22.1 Å². The Labute approximate surface area is 139 Å². The Morgan fingerprint density at radius 3 is 2.83 bits per heavy atom. The van der Waals surface area contributed by atoms with Crippen molar-refractivity contribution in [2.45, 2.75) is 6.92 Å². The van der Waals surface area contributed by atoms with E-state index in [0.717, 1.165) is 12.3 Å². The number of aryl methyl sites for hydroxylation is 1. The Morgan fingerprint density at radius 2 is 2.12 bits per heavy atom. The standard InChI is InChI=1S/C15H10ClFN4O3/c1-8-14(20-7-10(17)3-5-13(20)18-8)15(22)19-11-4-2-9(16)6-12(11)21(23)24/h2-7H,1H3,(H,19,22). The van der Waals surface area contributed by atoms with Crippen LogP contribution < -0.4 is 5.32 Å². The smallest absolute Gasteiger partial charge is 0.294 e. The average Bonchev–Trinajstić information content (AvgIpc) is 2.84. The molecule has 7 nitrogen and oxygen atoms in total. The molecule has 0 atom stereocenters. The summed E-state index contributed by atoms with van der Waals surface area (Å²) >= 11 is 5.74. The first-order valence-electron chi connectivity index (χ1n) is 6.76. The number of hydrogen-bond acceptors (Lipinski definition) is 4. The number of pyridine rings is 1. The van der Waals surface area contributed by atoms with Crippen LogP contribution in [0.15, 0.2) is 36.5 Å². The molecule has 0 aliphatic carbocycles. The van der Waals surface area contributed by atoms with E-state index < -0.39 is 16.6 Å². The van der Waals surface area contributed by atoms with Crippen molar-refractivity contribution in [2.75, 3.05) is 5.32 Å². The number of aromatic nitrogens is 2. The molecule has 0 aliphatic rings. The van der Waals surface area contributed by atoms with Crippen LogP contribution in [0.5, 0.6) is 0 Å². The van der Waals surface area contributed by atoms with Gasteiger partial charge in [-0.05, 0) is 31.2 Å². The molecule has 0 bridgehead atoms. The van der Waals surface area contributed by atoms with Crippen molar-refractivity contribution < 1.29 is 14.1 Å². The Balaban J connectivity index is 2.04. The van der Waals surface area contributed by atoms with E-state index in [0.29, 0.717) is 11.3 Å². The number of imidazole rings is 1. The molecule has 0 unspecified atom stereocenters. The van der Waals surface area contributed by atoms with E-state index in [2.05, 4.69) is 10.3 Å². The molecule has 2 heterocycles. The third-order valence-electron chi connectivity index (χ3n) is 3.38. The number of amides is 1. The van der Waals surface area contributed by atoms with Gasteiger partial charge in [-0.1, -0.05) is 11.6 Å². The highest BCUT2D eigenvalue weighted by atomic mass is 35.5. The van der Waals surface area contributed by atoms with Gasteiger partial charge in [-0.15, -0.1) is 0 Å². The molecule has 1 N–H and O–H groups in total. The molecule has 0 saturated carbocycles. The van der Waals surface area contributed by atoms with Gasteiger partial charge in [0.05, 0.1) is 10.6 Å². The van der Waals surface area contributed by atoms with Gasteiger partial charge in [-0.2, -0.15) is 0 Å². The van der Waals surface area contributed by atoms with Crippen LogP contribution in [0.2, 0.25) is 5.02 Å². The second-order valence-corrected chi connectivity index (χ2v) is 5.43. The predicted molar refractivity (Wildman–Crippen MR) is 85.9 cm³/mol. The number of nitrogens with one attached hydrogen (secondary N) is 1. The van der Waals surface area contributed by atoms with E-state index in [1.165, 1.54) is 28.7 Å². The van der Waals surface area contributed by atoms with Gasteiger partial charge in [-0.25, -0.2) is 9.37 Å². The fraction of sp³-hybridized carbons (Fsp3) is 0.0667. The topological polar surface area (TPSA) is 89.5 Å². The number of nitro groups is 1. The maximum Gasteiger partial charge on any atom is 0.294 e. The van der Waals surface area contributed by atoms with Crippen molar-refractivity contribution in [3.63, 3.8) is 0 Å². The SMILES string of the molecule is Cc1nc2ccc(F)cn2c1C(=O)Nc1ccc(Cl)cc1[N+](=O)[O-]. The van der Waals surface area contributed by atoms with E-state index in [9.17, 15) is 19.3 Å².